The van der Waals surface area contributed by atoms with Crippen LogP contribution in [0.2, 0.25) is 0 Å². The van der Waals surface area contributed by atoms with Crippen molar-refractivity contribution in [1.29, 1.82) is 0 Å². The van der Waals surface area contributed by atoms with Crippen LogP contribution in [0.25, 0.3) is 0 Å². The van der Waals surface area contributed by atoms with Gasteiger partial charge in [0, 0.05) is 26.2 Å². The molecule has 4 heteroatoms. The van der Waals surface area contributed by atoms with Crippen LogP contribution >= 0.6 is 0 Å². The summed E-state index contributed by atoms with van der Waals surface area (Å²) in [5.41, 5.74) is 5.52. The van der Waals surface area contributed by atoms with Gasteiger partial charge in [0.05, 0.1) is 12.9 Å². The molecule has 0 bridgehead atoms. The molecule has 0 aromatic carbocycles. The van der Waals surface area contributed by atoms with E-state index in [4.69, 9.17) is 14.9 Å². The van der Waals surface area contributed by atoms with E-state index in [1.807, 2.05) is 12.1 Å². The zero-order valence-electron chi connectivity index (χ0n) is 8.19. The highest BCUT2D eigenvalue weighted by Crippen LogP contribution is 2.21. The van der Waals surface area contributed by atoms with Gasteiger partial charge in [0.1, 0.15) is 11.9 Å². The predicted molar refractivity (Wildman–Crippen MR) is 52.9 cm³/mol. The molecule has 1 aromatic rings. The van der Waals surface area contributed by atoms with E-state index in [-0.39, 0.29) is 6.10 Å². The average molecular weight is 196 g/mol. The van der Waals surface area contributed by atoms with Crippen LogP contribution in [0.15, 0.2) is 22.8 Å². The minimum Gasteiger partial charge on any atom is -0.467 e. The maximum absolute atomic E-state index is 5.62. The normalized spacial score (nSPS) is 23.9. The van der Waals surface area contributed by atoms with Crippen molar-refractivity contribution in [2.45, 2.75) is 6.10 Å². The quantitative estimate of drug-likeness (QED) is 0.769. The van der Waals surface area contributed by atoms with Crippen molar-refractivity contribution in [3.63, 3.8) is 0 Å². The number of hydrogen-bond acceptors (Lipinski definition) is 4. The Morgan fingerprint density at radius 3 is 3.21 bits per heavy atom. The van der Waals surface area contributed by atoms with Gasteiger partial charge in [-0.3, -0.25) is 4.90 Å². The second kappa shape index (κ2) is 4.59. The molecule has 0 radical (unpaired) electrons. The van der Waals surface area contributed by atoms with Crippen LogP contribution in [0.5, 0.6) is 0 Å². The number of hydrogen-bond donors (Lipinski definition) is 1. The molecule has 0 amide bonds. The Bertz CT molecular complexity index is 259. The zero-order chi connectivity index (χ0) is 9.80. The third kappa shape index (κ3) is 2.15. The van der Waals surface area contributed by atoms with Gasteiger partial charge in [-0.25, -0.2) is 0 Å². The van der Waals surface area contributed by atoms with Gasteiger partial charge in [0.25, 0.3) is 0 Å². The molecule has 1 unspecified atom stereocenters. The number of ether oxygens (including phenoxy) is 1. The Kier molecular flexibility index (Phi) is 3.18. The van der Waals surface area contributed by atoms with Crippen molar-refractivity contribution >= 4 is 0 Å². The van der Waals surface area contributed by atoms with Gasteiger partial charge in [-0.05, 0) is 12.1 Å². The molecule has 1 aliphatic rings. The van der Waals surface area contributed by atoms with E-state index in [1.54, 1.807) is 6.26 Å². The summed E-state index contributed by atoms with van der Waals surface area (Å²) in [5, 5.41) is 0. The van der Waals surface area contributed by atoms with Gasteiger partial charge in [0.15, 0.2) is 0 Å². The molecular formula is C10H16N2O2. The van der Waals surface area contributed by atoms with E-state index >= 15 is 0 Å². The zero-order valence-corrected chi connectivity index (χ0v) is 8.19. The van der Waals surface area contributed by atoms with Gasteiger partial charge in [-0.15, -0.1) is 0 Å². The Morgan fingerprint density at radius 2 is 2.50 bits per heavy atom. The molecule has 1 fully saturated rings. The lowest BCUT2D eigenvalue weighted by atomic mass is 10.2. The molecule has 0 aliphatic carbocycles. The second-order valence-corrected chi connectivity index (χ2v) is 3.46. The lowest BCUT2D eigenvalue weighted by Crippen LogP contribution is -2.40. The topological polar surface area (TPSA) is 51.6 Å². The second-order valence-electron chi connectivity index (χ2n) is 3.46. The van der Waals surface area contributed by atoms with Crippen molar-refractivity contribution in [3.05, 3.63) is 24.2 Å². The van der Waals surface area contributed by atoms with Crippen molar-refractivity contribution in [3.8, 4) is 0 Å². The molecule has 1 saturated heterocycles. The fourth-order valence-corrected chi connectivity index (χ4v) is 1.73. The van der Waals surface area contributed by atoms with Crippen molar-refractivity contribution in [2.75, 3.05) is 32.8 Å². The molecule has 14 heavy (non-hydrogen) atoms. The molecule has 2 heterocycles. The standard InChI is InChI=1S/C10H16N2O2/c11-3-4-12-5-7-14-10(8-12)9-2-1-6-13-9/h1-2,6,10H,3-5,7-8,11H2. The van der Waals surface area contributed by atoms with Crippen LogP contribution < -0.4 is 5.73 Å². The average Bonchev–Trinajstić information content (AvgIpc) is 2.71. The van der Waals surface area contributed by atoms with Crippen LogP contribution in [0.1, 0.15) is 11.9 Å². The first kappa shape index (κ1) is 9.71. The summed E-state index contributed by atoms with van der Waals surface area (Å²) in [4.78, 5) is 2.30. The third-order valence-electron chi connectivity index (χ3n) is 2.46. The Hall–Kier alpha value is -0.840. The van der Waals surface area contributed by atoms with Crippen LogP contribution in [0.3, 0.4) is 0 Å². The monoisotopic (exact) mass is 196 g/mol. The van der Waals surface area contributed by atoms with E-state index in [2.05, 4.69) is 4.90 Å². The molecule has 2 N–H and O–H groups in total. The van der Waals surface area contributed by atoms with E-state index in [1.165, 1.54) is 0 Å². The van der Waals surface area contributed by atoms with E-state index < -0.39 is 0 Å². The highest BCUT2D eigenvalue weighted by molar-refractivity contribution is 5.03. The molecule has 1 aromatic heterocycles. The maximum Gasteiger partial charge on any atom is 0.133 e. The summed E-state index contributed by atoms with van der Waals surface area (Å²) in [6, 6.07) is 3.84. The summed E-state index contributed by atoms with van der Waals surface area (Å²) < 4.78 is 10.9. The van der Waals surface area contributed by atoms with Crippen LogP contribution in [0, 0.1) is 0 Å². The fourth-order valence-electron chi connectivity index (χ4n) is 1.73. The maximum atomic E-state index is 5.62. The summed E-state index contributed by atoms with van der Waals surface area (Å²) in [5.74, 6) is 0.909. The first-order valence-corrected chi connectivity index (χ1v) is 4.97. The Labute approximate surface area is 83.6 Å². The lowest BCUT2D eigenvalue weighted by molar-refractivity contribution is -0.0389. The Balaban J connectivity index is 1.94. The SMILES string of the molecule is NCCN1CCOC(c2ccco2)C1. The van der Waals surface area contributed by atoms with Crippen LogP contribution in [-0.4, -0.2) is 37.7 Å². The van der Waals surface area contributed by atoms with Gasteiger partial charge < -0.3 is 14.9 Å². The van der Waals surface area contributed by atoms with E-state index in [0.29, 0.717) is 6.54 Å². The highest BCUT2D eigenvalue weighted by Gasteiger charge is 2.22. The summed E-state index contributed by atoms with van der Waals surface area (Å²) in [6.07, 6.45) is 1.76. The highest BCUT2D eigenvalue weighted by atomic mass is 16.5. The first-order chi connectivity index (χ1) is 6.90. The fraction of sp³-hybridized carbons (Fsp3) is 0.600. The number of rotatable bonds is 3. The third-order valence-corrected chi connectivity index (χ3v) is 2.46. The van der Waals surface area contributed by atoms with Crippen molar-refractivity contribution < 1.29 is 9.15 Å². The first-order valence-electron chi connectivity index (χ1n) is 4.97. The smallest absolute Gasteiger partial charge is 0.133 e. The predicted octanol–water partition coefficient (Wildman–Crippen LogP) is 0.612. The summed E-state index contributed by atoms with van der Waals surface area (Å²) in [7, 11) is 0. The van der Waals surface area contributed by atoms with Gasteiger partial charge >= 0.3 is 0 Å². The lowest BCUT2D eigenvalue weighted by Gasteiger charge is -2.31. The molecule has 1 aliphatic heterocycles. The summed E-state index contributed by atoms with van der Waals surface area (Å²) >= 11 is 0. The van der Waals surface area contributed by atoms with E-state index in [9.17, 15) is 0 Å². The van der Waals surface area contributed by atoms with Gasteiger partial charge in [-0.1, -0.05) is 0 Å². The van der Waals surface area contributed by atoms with Crippen molar-refractivity contribution in [1.82, 2.24) is 4.90 Å². The van der Waals surface area contributed by atoms with Crippen molar-refractivity contribution in [2.24, 2.45) is 5.73 Å². The van der Waals surface area contributed by atoms with Crippen LogP contribution in [-0.2, 0) is 4.74 Å². The Morgan fingerprint density at radius 1 is 1.57 bits per heavy atom. The molecule has 4 nitrogen and oxygen atoms in total. The largest absolute Gasteiger partial charge is 0.467 e. The molecule has 78 valence electrons. The van der Waals surface area contributed by atoms with Gasteiger partial charge in [-0.2, -0.15) is 0 Å². The number of nitrogens with two attached hydrogens (primary N) is 1. The van der Waals surface area contributed by atoms with Crippen LogP contribution in [0.4, 0.5) is 0 Å². The molecule has 0 spiro atoms. The minimum atomic E-state index is 0.0744. The number of furan rings is 1. The number of nitrogens with zero attached hydrogens (tertiary/aromatic N) is 1. The minimum absolute atomic E-state index is 0.0744. The summed E-state index contributed by atoms with van der Waals surface area (Å²) in [6.45, 7) is 4.23. The number of morpholine rings is 1. The molecule has 2 rings (SSSR count). The molecular weight excluding hydrogens is 180 g/mol. The van der Waals surface area contributed by atoms with Gasteiger partial charge in [0.2, 0.25) is 0 Å². The molecule has 1 atom stereocenters. The molecule has 0 saturated carbocycles. The van der Waals surface area contributed by atoms with E-state index in [0.717, 1.165) is 32.0 Å².